The smallest absolute Gasteiger partial charge is 0.326 e. The fourth-order valence-electron chi connectivity index (χ4n) is 2.10. The first-order valence-corrected chi connectivity index (χ1v) is 7.29. The number of carbonyl (C=O) groups excluding carboxylic acids is 1. The van der Waals surface area contributed by atoms with Gasteiger partial charge < -0.3 is 19.9 Å². The van der Waals surface area contributed by atoms with Gasteiger partial charge in [-0.15, -0.1) is 0 Å². The van der Waals surface area contributed by atoms with Crippen molar-refractivity contribution in [1.29, 1.82) is 0 Å². The van der Waals surface area contributed by atoms with Crippen LogP contribution in [0.1, 0.15) is 36.5 Å². The molecule has 0 radical (unpaired) electrons. The maximum absolute atomic E-state index is 12.3. The molecular weight excluding hydrogens is 320 g/mol. The van der Waals surface area contributed by atoms with Gasteiger partial charge in [0.05, 0.1) is 25.2 Å². The highest BCUT2D eigenvalue weighted by Gasteiger charge is 2.27. The Hall–Kier alpha value is -2.84. The van der Waals surface area contributed by atoms with E-state index in [1.165, 1.54) is 14.2 Å². The Balaban J connectivity index is 3.20. The Labute approximate surface area is 138 Å². The first kappa shape index (κ1) is 19.2. The van der Waals surface area contributed by atoms with Gasteiger partial charge in [0.15, 0.2) is 11.5 Å². The molecule has 24 heavy (non-hydrogen) atoms. The lowest BCUT2D eigenvalue weighted by atomic mass is 10.1. The molecule has 1 unspecified atom stereocenters. The summed E-state index contributed by atoms with van der Waals surface area (Å²) in [6, 6.07) is 1.10. The Bertz CT molecular complexity index is 630. The summed E-state index contributed by atoms with van der Waals surface area (Å²) in [7, 11) is 2.64. The molecule has 0 aliphatic heterocycles. The number of carboxylic acid groups (broad SMARTS) is 1. The van der Waals surface area contributed by atoms with Gasteiger partial charge in [0.25, 0.3) is 11.6 Å². The highest BCUT2D eigenvalue weighted by atomic mass is 16.6. The Morgan fingerprint density at radius 2 is 1.88 bits per heavy atom. The van der Waals surface area contributed by atoms with Gasteiger partial charge in [-0.1, -0.05) is 19.8 Å². The number of nitro benzene ring substituents is 1. The molecule has 2 N–H and O–H groups in total. The van der Waals surface area contributed by atoms with Crippen molar-refractivity contribution in [2.45, 2.75) is 32.2 Å². The molecule has 1 amide bonds. The van der Waals surface area contributed by atoms with Crippen LogP contribution in [0.5, 0.6) is 11.5 Å². The van der Waals surface area contributed by atoms with Crippen LogP contribution in [0.25, 0.3) is 0 Å². The fourth-order valence-corrected chi connectivity index (χ4v) is 2.10. The number of nitro groups is 1. The van der Waals surface area contributed by atoms with Crippen LogP contribution in [0.15, 0.2) is 12.1 Å². The van der Waals surface area contributed by atoms with E-state index in [0.29, 0.717) is 6.42 Å². The summed E-state index contributed by atoms with van der Waals surface area (Å²) in [6.07, 6.45) is 1.60. The van der Waals surface area contributed by atoms with Gasteiger partial charge in [0.2, 0.25) is 0 Å². The molecule has 1 aromatic carbocycles. The Morgan fingerprint density at radius 1 is 1.29 bits per heavy atom. The molecular formula is C15H20N2O7. The lowest BCUT2D eigenvalue weighted by molar-refractivity contribution is -0.385. The first-order valence-electron chi connectivity index (χ1n) is 7.29. The molecule has 0 heterocycles. The summed E-state index contributed by atoms with van der Waals surface area (Å²) in [6.45, 7) is 1.89. The minimum atomic E-state index is -1.19. The molecule has 0 fully saturated rings. The molecule has 9 nitrogen and oxygen atoms in total. The number of amides is 1. The molecule has 1 rings (SSSR count). The minimum absolute atomic E-state index is 0.0986. The summed E-state index contributed by atoms with van der Waals surface area (Å²) < 4.78 is 10.0. The number of nitrogens with zero attached hydrogens (tertiary/aromatic N) is 1. The SMILES string of the molecule is CCCCC(NC(=O)c1cc(OC)c(OC)cc1[N+](=O)[O-])C(=O)O. The fraction of sp³-hybridized carbons (Fsp3) is 0.467. The quantitative estimate of drug-likeness (QED) is 0.519. The number of unbranched alkanes of at least 4 members (excludes halogenated alkanes) is 1. The van der Waals surface area contributed by atoms with E-state index in [1.807, 2.05) is 6.92 Å². The zero-order valence-corrected chi connectivity index (χ0v) is 13.7. The third-order valence-electron chi connectivity index (χ3n) is 3.39. The largest absolute Gasteiger partial charge is 0.493 e. The summed E-state index contributed by atoms with van der Waals surface area (Å²) >= 11 is 0. The average molecular weight is 340 g/mol. The van der Waals surface area contributed by atoms with Crippen molar-refractivity contribution in [3.8, 4) is 11.5 Å². The highest BCUT2D eigenvalue weighted by molar-refractivity contribution is 6.00. The number of hydrogen-bond acceptors (Lipinski definition) is 6. The molecule has 0 aromatic heterocycles. The summed E-state index contributed by atoms with van der Waals surface area (Å²) in [4.78, 5) is 34.0. The van der Waals surface area contributed by atoms with Crippen LogP contribution in [-0.2, 0) is 4.79 Å². The van der Waals surface area contributed by atoms with Gasteiger partial charge in [-0.3, -0.25) is 14.9 Å². The summed E-state index contributed by atoms with van der Waals surface area (Å²) in [5.74, 6) is -1.82. The second-order valence-corrected chi connectivity index (χ2v) is 4.99. The Morgan fingerprint density at radius 3 is 2.33 bits per heavy atom. The maximum atomic E-state index is 12.3. The molecule has 0 saturated heterocycles. The van der Waals surface area contributed by atoms with Crippen LogP contribution in [0.3, 0.4) is 0 Å². The predicted octanol–water partition coefficient (Wildman–Crippen LogP) is 1.99. The summed E-state index contributed by atoms with van der Waals surface area (Å²) in [5, 5.41) is 22.7. The lowest BCUT2D eigenvalue weighted by Gasteiger charge is -2.15. The standard InChI is InChI=1S/C15H20N2O7/c1-4-5-6-10(15(19)20)16-14(18)9-7-12(23-2)13(24-3)8-11(9)17(21)22/h7-8,10H,4-6H2,1-3H3,(H,16,18)(H,19,20). The summed E-state index contributed by atoms with van der Waals surface area (Å²) in [5.41, 5.74) is -0.787. The molecule has 132 valence electrons. The van der Waals surface area contributed by atoms with Crippen molar-refractivity contribution in [2.75, 3.05) is 14.2 Å². The second kappa shape index (κ2) is 8.70. The van der Waals surface area contributed by atoms with Crippen LogP contribution in [0, 0.1) is 10.1 Å². The van der Waals surface area contributed by atoms with E-state index in [9.17, 15) is 19.7 Å². The molecule has 1 atom stereocenters. The number of hydrogen-bond donors (Lipinski definition) is 2. The van der Waals surface area contributed by atoms with Crippen LogP contribution in [-0.4, -0.2) is 42.2 Å². The maximum Gasteiger partial charge on any atom is 0.326 e. The van der Waals surface area contributed by atoms with E-state index in [0.717, 1.165) is 18.6 Å². The lowest BCUT2D eigenvalue weighted by Crippen LogP contribution is -2.40. The van der Waals surface area contributed by atoms with E-state index in [-0.39, 0.29) is 23.5 Å². The van der Waals surface area contributed by atoms with Crippen molar-refractivity contribution >= 4 is 17.6 Å². The number of carboxylic acids is 1. The minimum Gasteiger partial charge on any atom is -0.493 e. The number of nitrogens with one attached hydrogen (secondary N) is 1. The van der Waals surface area contributed by atoms with Crippen molar-refractivity contribution in [3.05, 3.63) is 27.8 Å². The van der Waals surface area contributed by atoms with E-state index >= 15 is 0 Å². The Kier molecular flexibility index (Phi) is 6.97. The van der Waals surface area contributed by atoms with Gasteiger partial charge in [-0.25, -0.2) is 4.79 Å². The molecule has 0 aliphatic rings. The van der Waals surface area contributed by atoms with E-state index in [2.05, 4.69) is 5.32 Å². The molecule has 0 saturated carbocycles. The molecule has 1 aromatic rings. The van der Waals surface area contributed by atoms with Crippen LogP contribution in [0.2, 0.25) is 0 Å². The van der Waals surface area contributed by atoms with Gasteiger partial charge in [0.1, 0.15) is 11.6 Å². The van der Waals surface area contributed by atoms with Crippen LogP contribution < -0.4 is 14.8 Å². The van der Waals surface area contributed by atoms with Crippen LogP contribution in [0.4, 0.5) is 5.69 Å². The number of carbonyl (C=O) groups is 2. The number of ether oxygens (including phenoxy) is 2. The highest BCUT2D eigenvalue weighted by Crippen LogP contribution is 2.34. The normalized spacial score (nSPS) is 11.5. The number of aliphatic carboxylic acids is 1. The van der Waals surface area contributed by atoms with Crippen molar-refractivity contribution < 1.29 is 29.1 Å². The molecule has 0 spiro atoms. The first-order chi connectivity index (χ1) is 11.3. The monoisotopic (exact) mass is 340 g/mol. The van der Waals surface area contributed by atoms with Gasteiger partial charge in [-0.2, -0.15) is 0 Å². The topological polar surface area (TPSA) is 128 Å². The van der Waals surface area contributed by atoms with E-state index in [4.69, 9.17) is 14.6 Å². The van der Waals surface area contributed by atoms with Gasteiger partial charge in [0, 0.05) is 6.07 Å². The average Bonchev–Trinajstić information content (AvgIpc) is 2.56. The second-order valence-electron chi connectivity index (χ2n) is 4.99. The predicted molar refractivity (Wildman–Crippen MR) is 84.6 cm³/mol. The van der Waals surface area contributed by atoms with E-state index < -0.39 is 28.5 Å². The number of rotatable bonds is 9. The van der Waals surface area contributed by atoms with Crippen LogP contribution >= 0.6 is 0 Å². The van der Waals surface area contributed by atoms with Gasteiger partial charge in [-0.05, 0) is 6.42 Å². The molecule has 0 aliphatic carbocycles. The molecule has 0 bridgehead atoms. The van der Waals surface area contributed by atoms with Crippen molar-refractivity contribution in [2.24, 2.45) is 0 Å². The third-order valence-corrected chi connectivity index (χ3v) is 3.39. The zero-order valence-electron chi connectivity index (χ0n) is 13.7. The van der Waals surface area contributed by atoms with Crippen molar-refractivity contribution in [1.82, 2.24) is 5.32 Å². The van der Waals surface area contributed by atoms with E-state index in [1.54, 1.807) is 0 Å². The molecule has 9 heteroatoms. The third kappa shape index (κ3) is 4.58. The number of benzene rings is 1. The number of methoxy groups -OCH3 is 2. The van der Waals surface area contributed by atoms with Gasteiger partial charge >= 0.3 is 5.97 Å². The zero-order chi connectivity index (χ0) is 18.3. The van der Waals surface area contributed by atoms with Crippen molar-refractivity contribution in [3.63, 3.8) is 0 Å².